The molecule has 0 bridgehead atoms. The number of anilines is 1. The molecule has 1 aromatic rings. The van der Waals surface area contributed by atoms with Gasteiger partial charge in [-0.25, -0.2) is 9.59 Å². The summed E-state index contributed by atoms with van der Waals surface area (Å²) >= 11 is 0. The second-order valence-corrected chi connectivity index (χ2v) is 5.12. The predicted molar refractivity (Wildman–Crippen MR) is 84.2 cm³/mol. The van der Waals surface area contributed by atoms with Gasteiger partial charge < -0.3 is 15.3 Å². The molecule has 0 fully saturated rings. The fraction of sp³-hybridized carbons (Fsp3) is 0.375. The van der Waals surface area contributed by atoms with Crippen molar-refractivity contribution < 1.29 is 14.7 Å². The molecule has 0 aliphatic carbocycles. The van der Waals surface area contributed by atoms with Gasteiger partial charge in [-0.15, -0.1) is 0 Å². The number of hydrogen-bond donors (Lipinski definition) is 2. The van der Waals surface area contributed by atoms with Crippen molar-refractivity contribution in [2.45, 2.75) is 20.3 Å². The molecule has 5 heteroatoms. The molecular formula is C16H22N2O3. The first-order valence-electron chi connectivity index (χ1n) is 6.95. The van der Waals surface area contributed by atoms with Crippen LogP contribution in [0.2, 0.25) is 0 Å². The lowest BCUT2D eigenvalue weighted by atomic mass is 10.1. The highest BCUT2D eigenvalue weighted by Crippen LogP contribution is 2.12. The molecule has 1 atom stereocenters. The summed E-state index contributed by atoms with van der Waals surface area (Å²) in [4.78, 5) is 24.1. The Bertz CT molecular complexity index is 509. The Hall–Kier alpha value is -2.30. The third-order valence-corrected chi connectivity index (χ3v) is 3.21. The number of nitrogens with one attached hydrogen (secondary N) is 1. The Morgan fingerprint density at radius 2 is 1.95 bits per heavy atom. The summed E-state index contributed by atoms with van der Waals surface area (Å²) in [6.07, 6.45) is 3.61. The Labute approximate surface area is 125 Å². The molecule has 5 nitrogen and oxygen atoms in total. The molecule has 0 saturated carbocycles. The molecule has 1 aromatic carbocycles. The Morgan fingerprint density at radius 3 is 2.48 bits per heavy atom. The molecular weight excluding hydrogens is 268 g/mol. The second kappa shape index (κ2) is 8.09. The van der Waals surface area contributed by atoms with E-state index >= 15 is 0 Å². The van der Waals surface area contributed by atoms with E-state index in [9.17, 15) is 9.59 Å². The summed E-state index contributed by atoms with van der Waals surface area (Å²) in [5, 5.41) is 11.4. The molecule has 0 spiro atoms. The van der Waals surface area contributed by atoms with Crippen LogP contribution in [0.3, 0.4) is 0 Å². The van der Waals surface area contributed by atoms with E-state index in [1.54, 1.807) is 36.2 Å². The molecule has 0 aliphatic rings. The standard InChI is InChI=1S/C16H22N2O3/c1-4-12(2)11-18(3)16(21)17-14-8-5-13(6-9-14)7-10-15(19)20/h5-10,12H,4,11H2,1-3H3,(H,17,21)(H,19,20)/b10-7+. The zero-order valence-electron chi connectivity index (χ0n) is 12.7. The normalized spacial score (nSPS) is 12.1. The Balaban J connectivity index is 2.59. The number of rotatable bonds is 6. The van der Waals surface area contributed by atoms with E-state index < -0.39 is 5.97 Å². The van der Waals surface area contributed by atoms with Crippen molar-refractivity contribution in [2.24, 2.45) is 5.92 Å². The van der Waals surface area contributed by atoms with E-state index in [2.05, 4.69) is 19.2 Å². The first-order chi connectivity index (χ1) is 9.92. The molecule has 2 amide bonds. The number of carbonyl (C=O) groups excluding carboxylic acids is 1. The van der Waals surface area contributed by atoms with Crippen LogP contribution in [0.1, 0.15) is 25.8 Å². The van der Waals surface area contributed by atoms with Crippen molar-refractivity contribution in [1.82, 2.24) is 4.90 Å². The fourth-order valence-electron chi connectivity index (χ4n) is 1.74. The number of hydrogen-bond acceptors (Lipinski definition) is 2. The van der Waals surface area contributed by atoms with E-state index in [4.69, 9.17) is 5.11 Å². The van der Waals surface area contributed by atoms with Crippen molar-refractivity contribution in [2.75, 3.05) is 18.9 Å². The maximum atomic E-state index is 12.0. The van der Waals surface area contributed by atoms with Gasteiger partial charge in [0.2, 0.25) is 0 Å². The average Bonchev–Trinajstić information content (AvgIpc) is 2.46. The predicted octanol–water partition coefficient (Wildman–Crippen LogP) is 3.29. The van der Waals surface area contributed by atoms with Crippen LogP contribution < -0.4 is 5.32 Å². The monoisotopic (exact) mass is 290 g/mol. The van der Waals surface area contributed by atoms with Gasteiger partial charge >= 0.3 is 12.0 Å². The largest absolute Gasteiger partial charge is 0.478 e. The van der Waals surface area contributed by atoms with Crippen molar-refractivity contribution >= 4 is 23.8 Å². The van der Waals surface area contributed by atoms with Crippen LogP contribution in [0.5, 0.6) is 0 Å². The van der Waals surface area contributed by atoms with Gasteiger partial charge in [-0.1, -0.05) is 32.4 Å². The SMILES string of the molecule is CCC(C)CN(C)C(=O)Nc1ccc(/C=C/C(=O)O)cc1. The van der Waals surface area contributed by atoms with Crippen molar-refractivity contribution in [3.8, 4) is 0 Å². The number of amides is 2. The molecule has 0 aromatic heterocycles. The number of carboxylic acid groups (broad SMARTS) is 1. The van der Waals surface area contributed by atoms with Gasteiger partial charge in [-0.05, 0) is 29.7 Å². The van der Waals surface area contributed by atoms with Crippen LogP contribution in [-0.2, 0) is 4.79 Å². The van der Waals surface area contributed by atoms with Crippen LogP contribution in [-0.4, -0.2) is 35.6 Å². The lowest BCUT2D eigenvalue weighted by molar-refractivity contribution is -0.131. The summed E-state index contributed by atoms with van der Waals surface area (Å²) in [5.74, 6) is -0.525. The maximum Gasteiger partial charge on any atom is 0.328 e. The lowest BCUT2D eigenvalue weighted by Crippen LogP contribution is -2.34. The molecule has 2 N–H and O–H groups in total. The number of benzene rings is 1. The van der Waals surface area contributed by atoms with Crippen molar-refractivity contribution in [3.63, 3.8) is 0 Å². The number of carboxylic acids is 1. The van der Waals surface area contributed by atoms with E-state index in [0.717, 1.165) is 18.1 Å². The molecule has 114 valence electrons. The maximum absolute atomic E-state index is 12.0. The van der Waals surface area contributed by atoms with E-state index in [1.165, 1.54) is 6.08 Å². The first kappa shape index (κ1) is 16.8. The molecule has 0 radical (unpaired) electrons. The smallest absolute Gasteiger partial charge is 0.328 e. The molecule has 0 heterocycles. The highest BCUT2D eigenvalue weighted by molar-refractivity contribution is 5.89. The number of urea groups is 1. The summed E-state index contributed by atoms with van der Waals surface area (Å²) < 4.78 is 0. The Kier molecular flexibility index (Phi) is 6.46. The highest BCUT2D eigenvalue weighted by atomic mass is 16.4. The first-order valence-corrected chi connectivity index (χ1v) is 6.95. The van der Waals surface area contributed by atoms with Crippen molar-refractivity contribution in [3.05, 3.63) is 35.9 Å². The molecule has 21 heavy (non-hydrogen) atoms. The van der Waals surface area contributed by atoms with E-state index in [0.29, 0.717) is 18.2 Å². The Morgan fingerprint density at radius 1 is 1.33 bits per heavy atom. The van der Waals surface area contributed by atoms with Gasteiger partial charge in [0.1, 0.15) is 0 Å². The second-order valence-electron chi connectivity index (χ2n) is 5.12. The average molecular weight is 290 g/mol. The lowest BCUT2D eigenvalue weighted by Gasteiger charge is -2.21. The fourth-order valence-corrected chi connectivity index (χ4v) is 1.74. The summed E-state index contributed by atoms with van der Waals surface area (Å²) in [6.45, 7) is 4.91. The van der Waals surface area contributed by atoms with Crippen LogP contribution in [0.15, 0.2) is 30.3 Å². The van der Waals surface area contributed by atoms with Gasteiger partial charge in [0.25, 0.3) is 0 Å². The summed E-state index contributed by atoms with van der Waals surface area (Å²) in [6, 6.07) is 6.85. The van der Waals surface area contributed by atoms with Gasteiger partial charge in [0.05, 0.1) is 0 Å². The third-order valence-electron chi connectivity index (χ3n) is 3.21. The van der Waals surface area contributed by atoms with Crippen LogP contribution >= 0.6 is 0 Å². The minimum Gasteiger partial charge on any atom is -0.478 e. The number of aliphatic carboxylic acids is 1. The highest BCUT2D eigenvalue weighted by Gasteiger charge is 2.11. The van der Waals surface area contributed by atoms with E-state index in [1.807, 2.05) is 0 Å². The molecule has 1 rings (SSSR count). The summed E-state index contributed by atoms with van der Waals surface area (Å²) in [7, 11) is 1.77. The molecule has 0 aliphatic heterocycles. The quantitative estimate of drug-likeness (QED) is 0.790. The minimum atomic E-state index is -0.987. The van der Waals surface area contributed by atoms with Gasteiger partial charge in [-0.2, -0.15) is 0 Å². The van der Waals surface area contributed by atoms with Gasteiger partial charge in [0.15, 0.2) is 0 Å². The third kappa shape index (κ3) is 6.12. The number of carbonyl (C=O) groups is 2. The van der Waals surface area contributed by atoms with Gasteiger partial charge in [0, 0.05) is 25.4 Å². The minimum absolute atomic E-state index is 0.149. The van der Waals surface area contributed by atoms with Crippen LogP contribution in [0.25, 0.3) is 6.08 Å². The molecule has 1 unspecified atom stereocenters. The topological polar surface area (TPSA) is 69.6 Å². The zero-order chi connectivity index (χ0) is 15.8. The van der Waals surface area contributed by atoms with Gasteiger partial charge in [-0.3, -0.25) is 0 Å². The van der Waals surface area contributed by atoms with Crippen LogP contribution in [0.4, 0.5) is 10.5 Å². The zero-order valence-corrected chi connectivity index (χ0v) is 12.7. The van der Waals surface area contributed by atoms with E-state index in [-0.39, 0.29) is 6.03 Å². The number of nitrogens with zero attached hydrogens (tertiary/aromatic N) is 1. The molecule has 0 saturated heterocycles. The van der Waals surface area contributed by atoms with Crippen molar-refractivity contribution in [1.29, 1.82) is 0 Å². The summed E-state index contributed by atoms with van der Waals surface area (Å²) in [5.41, 5.74) is 1.45. The van der Waals surface area contributed by atoms with Crippen LogP contribution in [0, 0.1) is 5.92 Å².